The van der Waals surface area contributed by atoms with Crippen LogP contribution in [0, 0.1) is 0 Å². The first-order valence-corrected chi connectivity index (χ1v) is 4.24. The Morgan fingerprint density at radius 3 is 1.81 bits per heavy atom. The molecule has 0 rings (SSSR count). The molecule has 0 saturated heterocycles. The van der Waals surface area contributed by atoms with Crippen LogP contribution in [0.3, 0.4) is 0 Å². The van der Waals surface area contributed by atoms with Gasteiger partial charge in [0, 0.05) is 51.4 Å². The van der Waals surface area contributed by atoms with Crippen molar-refractivity contribution in [3.8, 4) is 0 Å². The fourth-order valence-corrected chi connectivity index (χ4v) is 0.916. The number of rotatable bonds is 6. The first-order valence-electron chi connectivity index (χ1n) is 4.24. The Morgan fingerprint density at radius 1 is 1.06 bits per heavy atom. The van der Waals surface area contributed by atoms with Gasteiger partial charge in [-0.3, -0.25) is 9.59 Å². The van der Waals surface area contributed by atoms with E-state index in [9.17, 15) is 9.59 Å². The molecule has 0 aromatic heterocycles. The molecule has 0 unspecified atom stereocenters. The SMILES string of the molecule is C[C@H](O)[C@H](O)[C@@H](O)[C@@H](O)C(=O)CC(=O)O.[K]. The van der Waals surface area contributed by atoms with Crippen molar-refractivity contribution in [3.63, 3.8) is 0 Å². The average Bonchev–Trinajstić information content (AvgIpc) is 2.13. The zero-order valence-corrected chi connectivity index (χ0v) is 12.2. The molecule has 89 valence electrons. The fraction of sp³-hybridized carbons (Fsp3) is 0.750. The van der Waals surface area contributed by atoms with Gasteiger partial charge >= 0.3 is 5.97 Å². The number of aliphatic hydroxyl groups excluding tert-OH is 4. The van der Waals surface area contributed by atoms with E-state index in [4.69, 9.17) is 25.5 Å². The largest absolute Gasteiger partial charge is 0.481 e. The normalized spacial score (nSPS) is 17.8. The molecule has 5 N–H and O–H groups in total. The third-order valence-electron chi connectivity index (χ3n) is 1.82. The van der Waals surface area contributed by atoms with Crippen LogP contribution < -0.4 is 0 Å². The van der Waals surface area contributed by atoms with Crippen molar-refractivity contribution in [2.75, 3.05) is 0 Å². The minimum atomic E-state index is -2.02. The van der Waals surface area contributed by atoms with Gasteiger partial charge in [0.25, 0.3) is 0 Å². The molecule has 0 fully saturated rings. The van der Waals surface area contributed by atoms with Crippen molar-refractivity contribution in [3.05, 3.63) is 0 Å². The third-order valence-corrected chi connectivity index (χ3v) is 1.82. The molecule has 0 spiro atoms. The van der Waals surface area contributed by atoms with E-state index < -0.39 is 42.6 Å². The first-order chi connectivity index (χ1) is 6.77. The number of carboxylic acids is 1. The minimum Gasteiger partial charge on any atom is -0.481 e. The van der Waals surface area contributed by atoms with Gasteiger partial charge in [-0.2, -0.15) is 0 Å². The van der Waals surface area contributed by atoms with Gasteiger partial charge in [-0.25, -0.2) is 0 Å². The van der Waals surface area contributed by atoms with Gasteiger partial charge in [0.05, 0.1) is 6.10 Å². The maximum atomic E-state index is 10.9. The summed E-state index contributed by atoms with van der Waals surface area (Å²) in [6.07, 6.45) is -7.93. The molecule has 0 aromatic carbocycles. The molecular weight excluding hydrogens is 247 g/mol. The molecule has 4 atom stereocenters. The molecule has 0 amide bonds. The van der Waals surface area contributed by atoms with Gasteiger partial charge < -0.3 is 25.5 Å². The summed E-state index contributed by atoms with van der Waals surface area (Å²) < 4.78 is 0. The van der Waals surface area contributed by atoms with Gasteiger partial charge in [0.2, 0.25) is 0 Å². The summed E-state index contributed by atoms with van der Waals surface area (Å²) in [6, 6.07) is 0. The number of carboxylic acid groups (broad SMARTS) is 1. The summed E-state index contributed by atoms with van der Waals surface area (Å²) in [5, 5.41) is 44.5. The summed E-state index contributed by atoms with van der Waals surface area (Å²) in [6.45, 7) is 1.16. The Labute approximate surface area is 135 Å². The molecule has 8 heteroatoms. The van der Waals surface area contributed by atoms with Crippen LogP contribution in [0.5, 0.6) is 0 Å². The number of hydrogen-bond donors (Lipinski definition) is 5. The van der Waals surface area contributed by atoms with Crippen molar-refractivity contribution >= 4 is 63.1 Å². The van der Waals surface area contributed by atoms with E-state index in [1.165, 1.54) is 0 Å². The number of carbonyl (C=O) groups is 2. The molecule has 16 heavy (non-hydrogen) atoms. The zero-order valence-electron chi connectivity index (χ0n) is 9.07. The minimum absolute atomic E-state index is 0. The topological polar surface area (TPSA) is 135 Å². The quantitative estimate of drug-likeness (QED) is 0.256. The second-order valence-electron chi connectivity index (χ2n) is 3.20. The van der Waals surface area contributed by atoms with E-state index in [0.29, 0.717) is 0 Å². The van der Waals surface area contributed by atoms with Crippen LogP contribution >= 0.6 is 0 Å². The van der Waals surface area contributed by atoms with Crippen molar-refractivity contribution in [2.45, 2.75) is 37.8 Å². The molecular formula is C8H14KO7. The summed E-state index contributed by atoms with van der Waals surface area (Å²) in [7, 11) is 0. The predicted octanol–water partition coefficient (Wildman–Crippen LogP) is -2.89. The Bertz CT molecular complexity index is 243. The van der Waals surface area contributed by atoms with Crippen LogP contribution in [-0.4, -0.2) is 113 Å². The number of Topliss-reactive ketones (excluding diaryl/α,β-unsaturated/α-hetero) is 1. The smallest absolute Gasteiger partial charge is 0.310 e. The number of carbonyl (C=O) groups excluding carboxylic acids is 1. The van der Waals surface area contributed by atoms with Gasteiger partial charge in [-0.1, -0.05) is 0 Å². The maximum Gasteiger partial charge on any atom is 0.310 e. The molecule has 0 aliphatic carbocycles. The Hall–Kier alpha value is 0.616. The molecule has 1 radical (unpaired) electrons. The van der Waals surface area contributed by atoms with Gasteiger partial charge in [0.1, 0.15) is 24.7 Å². The molecule has 0 aliphatic rings. The van der Waals surface area contributed by atoms with Crippen molar-refractivity contribution in [2.24, 2.45) is 0 Å². The van der Waals surface area contributed by atoms with Gasteiger partial charge in [-0.15, -0.1) is 0 Å². The van der Waals surface area contributed by atoms with E-state index in [1.54, 1.807) is 0 Å². The van der Waals surface area contributed by atoms with Crippen LogP contribution in [0.1, 0.15) is 13.3 Å². The standard InChI is InChI=1S/C8H14O7.K/c1-3(9)6(13)8(15)7(14)4(10)2-5(11)12;/h3,6-9,13-15H,2H2,1H3,(H,11,12);/t3-,6-,7-,8+;/m0./s1. The zero-order chi connectivity index (χ0) is 12.2. The molecule has 0 aromatic rings. The van der Waals surface area contributed by atoms with E-state index in [1.807, 2.05) is 0 Å². The number of ketones is 1. The van der Waals surface area contributed by atoms with E-state index in [2.05, 4.69) is 0 Å². The van der Waals surface area contributed by atoms with Crippen LogP contribution in [0.4, 0.5) is 0 Å². The van der Waals surface area contributed by atoms with Crippen LogP contribution in [0.2, 0.25) is 0 Å². The summed E-state index contributed by atoms with van der Waals surface area (Å²) in [5.41, 5.74) is 0. The number of hydrogen-bond acceptors (Lipinski definition) is 6. The number of aliphatic hydroxyl groups is 4. The van der Waals surface area contributed by atoms with E-state index in [0.717, 1.165) is 6.92 Å². The van der Waals surface area contributed by atoms with Crippen molar-refractivity contribution in [1.82, 2.24) is 0 Å². The monoisotopic (exact) mass is 261 g/mol. The molecule has 0 bridgehead atoms. The average molecular weight is 261 g/mol. The second kappa shape index (κ2) is 8.67. The Morgan fingerprint density at radius 2 is 1.50 bits per heavy atom. The maximum absolute atomic E-state index is 10.9. The Kier molecular flexibility index (Phi) is 10.3. The van der Waals surface area contributed by atoms with Gasteiger partial charge in [0.15, 0.2) is 5.78 Å². The van der Waals surface area contributed by atoms with Crippen LogP contribution in [0.15, 0.2) is 0 Å². The van der Waals surface area contributed by atoms with Gasteiger partial charge in [-0.05, 0) is 6.92 Å². The summed E-state index contributed by atoms with van der Waals surface area (Å²) >= 11 is 0. The fourth-order valence-electron chi connectivity index (χ4n) is 0.916. The van der Waals surface area contributed by atoms with E-state index >= 15 is 0 Å². The molecule has 7 nitrogen and oxygen atoms in total. The predicted molar refractivity (Wildman–Crippen MR) is 52.7 cm³/mol. The van der Waals surface area contributed by atoms with Crippen LogP contribution in [0.25, 0.3) is 0 Å². The van der Waals surface area contributed by atoms with E-state index in [-0.39, 0.29) is 51.4 Å². The second-order valence-corrected chi connectivity index (χ2v) is 3.20. The number of aliphatic carboxylic acids is 1. The third kappa shape index (κ3) is 6.38. The first kappa shape index (κ1) is 19.0. The molecule has 0 saturated carbocycles. The Balaban J connectivity index is 0. The molecule has 0 heterocycles. The summed E-state index contributed by atoms with van der Waals surface area (Å²) in [5.74, 6) is -2.58. The summed E-state index contributed by atoms with van der Waals surface area (Å²) in [4.78, 5) is 21.1. The van der Waals surface area contributed by atoms with Crippen molar-refractivity contribution < 1.29 is 35.1 Å². The van der Waals surface area contributed by atoms with Crippen molar-refractivity contribution in [1.29, 1.82) is 0 Å². The molecule has 0 aliphatic heterocycles. The van der Waals surface area contributed by atoms with Crippen LogP contribution in [-0.2, 0) is 9.59 Å².